The maximum Gasteiger partial charge on any atom is 0.336 e. The number of rotatable bonds is 5. The molecule has 0 aromatic heterocycles. The van der Waals surface area contributed by atoms with Crippen LogP contribution in [0.1, 0.15) is 47.2 Å². The standard InChI is InChI=1S/C16H21NO4/c1-10-8-12(9-14(11(10)2)16(19)20)17-15(18)6-5-13-4-3-7-21-13/h8-9,13H,3-7H2,1-2H3,(H,17,18)(H,19,20). The molecule has 1 aromatic carbocycles. The van der Waals surface area contributed by atoms with Crippen molar-refractivity contribution in [2.45, 2.75) is 45.6 Å². The number of hydrogen-bond donors (Lipinski definition) is 2. The lowest BCUT2D eigenvalue weighted by atomic mass is 10.0. The molecule has 1 fully saturated rings. The van der Waals surface area contributed by atoms with Crippen LogP contribution >= 0.6 is 0 Å². The van der Waals surface area contributed by atoms with Gasteiger partial charge in [-0.3, -0.25) is 4.79 Å². The summed E-state index contributed by atoms with van der Waals surface area (Å²) in [5.41, 5.74) is 2.33. The maximum absolute atomic E-state index is 11.9. The molecule has 0 aliphatic carbocycles. The summed E-state index contributed by atoms with van der Waals surface area (Å²) >= 11 is 0. The molecule has 1 heterocycles. The molecular formula is C16H21NO4. The molecule has 5 nitrogen and oxygen atoms in total. The molecule has 5 heteroatoms. The lowest BCUT2D eigenvalue weighted by Crippen LogP contribution is -2.16. The fourth-order valence-electron chi connectivity index (χ4n) is 2.54. The van der Waals surface area contributed by atoms with Gasteiger partial charge in [0, 0.05) is 18.7 Å². The van der Waals surface area contributed by atoms with Crippen molar-refractivity contribution in [2.75, 3.05) is 11.9 Å². The van der Waals surface area contributed by atoms with Gasteiger partial charge in [-0.2, -0.15) is 0 Å². The van der Waals surface area contributed by atoms with Crippen LogP contribution in [-0.2, 0) is 9.53 Å². The monoisotopic (exact) mass is 291 g/mol. The summed E-state index contributed by atoms with van der Waals surface area (Å²) in [5, 5.41) is 11.9. The number of carboxylic acids is 1. The van der Waals surface area contributed by atoms with E-state index >= 15 is 0 Å². The van der Waals surface area contributed by atoms with E-state index in [4.69, 9.17) is 9.84 Å². The Kier molecular flexibility index (Phi) is 4.96. The molecule has 0 radical (unpaired) electrons. The van der Waals surface area contributed by atoms with Crippen molar-refractivity contribution < 1.29 is 19.4 Å². The Morgan fingerprint density at radius 2 is 2.14 bits per heavy atom. The first-order valence-electron chi connectivity index (χ1n) is 7.23. The number of aryl methyl sites for hydroxylation is 1. The lowest BCUT2D eigenvalue weighted by Gasteiger charge is -2.12. The van der Waals surface area contributed by atoms with Gasteiger partial charge in [-0.05, 0) is 56.4 Å². The van der Waals surface area contributed by atoms with Gasteiger partial charge in [-0.25, -0.2) is 4.79 Å². The first-order chi connectivity index (χ1) is 9.97. The second-order valence-corrected chi connectivity index (χ2v) is 5.49. The normalized spacial score (nSPS) is 17.7. The summed E-state index contributed by atoms with van der Waals surface area (Å²) in [6, 6.07) is 3.31. The van der Waals surface area contributed by atoms with E-state index in [1.54, 1.807) is 13.0 Å². The van der Waals surface area contributed by atoms with Crippen LogP contribution in [0.5, 0.6) is 0 Å². The highest BCUT2D eigenvalue weighted by Gasteiger charge is 2.17. The van der Waals surface area contributed by atoms with E-state index in [2.05, 4.69) is 5.32 Å². The Morgan fingerprint density at radius 3 is 2.76 bits per heavy atom. The van der Waals surface area contributed by atoms with Gasteiger partial charge in [0.15, 0.2) is 0 Å². The quantitative estimate of drug-likeness (QED) is 0.874. The van der Waals surface area contributed by atoms with Gasteiger partial charge in [-0.1, -0.05) is 0 Å². The second-order valence-electron chi connectivity index (χ2n) is 5.49. The minimum atomic E-state index is -0.981. The molecule has 1 saturated heterocycles. The number of hydrogen-bond acceptors (Lipinski definition) is 3. The SMILES string of the molecule is Cc1cc(NC(=O)CCC2CCCO2)cc(C(=O)O)c1C. The summed E-state index contributed by atoms with van der Waals surface area (Å²) in [7, 11) is 0. The van der Waals surface area contributed by atoms with E-state index in [-0.39, 0.29) is 17.6 Å². The van der Waals surface area contributed by atoms with Crippen molar-refractivity contribution in [1.29, 1.82) is 0 Å². The van der Waals surface area contributed by atoms with Crippen LogP contribution in [0.4, 0.5) is 5.69 Å². The van der Waals surface area contributed by atoms with E-state index in [0.717, 1.165) is 30.6 Å². The fourth-order valence-corrected chi connectivity index (χ4v) is 2.54. The van der Waals surface area contributed by atoms with E-state index in [1.165, 1.54) is 6.07 Å². The fraction of sp³-hybridized carbons (Fsp3) is 0.500. The lowest BCUT2D eigenvalue weighted by molar-refractivity contribution is -0.116. The first-order valence-corrected chi connectivity index (χ1v) is 7.23. The molecule has 1 aromatic rings. The Balaban J connectivity index is 1.98. The van der Waals surface area contributed by atoms with Gasteiger partial charge < -0.3 is 15.2 Å². The maximum atomic E-state index is 11.9. The molecule has 2 rings (SSSR count). The number of amides is 1. The molecule has 1 atom stereocenters. The first kappa shape index (κ1) is 15.5. The van der Waals surface area contributed by atoms with Gasteiger partial charge in [0.05, 0.1) is 11.7 Å². The van der Waals surface area contributed by atoms with Crippen LogP contribution in [-0.4, -0.2) is 29.7 Å². The average molecular weight is 291 g/mol. The smallest absolute Gasteiger partial charge is 0.336 e. The Morgan fingerprint density at radius 1 is 1.38 bits per heavy atom. The summed E-state index contributed by atoms with van der Waals surface area (Å²) in [4.78, 5) is 23.1. The van der Waals surface area contributed by atoms with E-state index in [9.17, 15) is 9.59 Å². The third-order valence-corrected chi connectivity index (χ3v) is 3.90. The van der Waals surface area contributed by atoms with Crippen molar-refractivity contribution in [2.24, 2.45) is 0 Å². The van der Waals surface area contributed by atoms with Gasteiger partial charge in [-0.15, -0.1) is 0 Å². The topological polar surface area (TPSA) is 75.6 Å². The molecule has 2 N–H and O–H groups in total. The van der Waals surface area contributed by atoms with E-state index in [0.29, 0.717) is 18.5 Å². The van der Waals surface area contributed by atoms with Gasteiger partial charge >= 0.3 is 5.97 Å². The van der Waals surface area contributed by atoms with E-state index in [1.807, 2.05) is 6.92 Å². The Bertz CT molecular complexity index is 547. The van der Waals surface area contributed by atoms with Crippen molar-refractivity contribution in [3.63, 3.8) is 0 Å². The zero-order valence-corrected chi connectivity index (χ0v) is 12.4. The Hall–Kier alpha value is -1.88. The van der Waals surface area contributed by atoms with Crippen molar-refractivity contribution >= 4 is 17.6 Å². The molecule has 114 valence electrons. The number of carbonyl (C=O) groups excluding carboxylic acids is 1. The number of carboxylic acid groups (broad SMARTS) is 1. The van der Waals surface area contributed by atoms with Crippen molar-refractivity contribution in [3.8, 4) is 0 Å². The molecule has 21 heavy (non-hydrogen) atoms. The van der Waals surface area contributed by atoms with Crippen LogP contribution < -0.4 is 5.32 Å². The highest BCUT2D eigenvalue weighted by Crippen LogP contribution is 2.21. The van der Waals surface area contributed by atoms with Crippen LogP contribution in [0, 0.1) is 13.8 Å². The molecule has 1 unspecified atom stereocenters. The highest BCUT2D eigenvalue weighted by atomic mass is 16.5. The van der Waals surface area contributed by atoms with Gasteiger partial charge in [0.2, 0.25) is 5.91 Å². The van der Waals surface area contributed by atoms with Crippen LogP contribution in [0.15, 0.2) is 12.1 Å². The van der Waals surface area contributed by atoms with Crippen molar-refractivity contribution in [1.82, 2.24) is 0 Å². The number of ether oxygens (including phenoxy) is 1. The van der Waals surface area contributed by atoms with Gasteiger partial charge in [0.25, 0.3) is 0 Å². The summed E-state index contributed by atoms with van der Waals surface area (Å²) < 4.78 is 5.48. The number of carbonyl (C=O) groups is 2. The summed E-state index contributed by atoms with van der Waals surface area (Å²) in [5.74, 6) is -1.09. The van der Waals surface area contributed by atoms with Gasteiger partial charge in [0.1, 0.15) is 0 Å². The molecular weight excluding hydrogens is 270 g/mol. The minimum Gasteiger partial charge on any atom is -0.478 e. The highest BCUT2D eigenvalue weighted by molar-refractivity contribution is 5.95. The van der Waals surface area contributed by atoms with E-state index < -0.39 is 5.97 Å². The molecule has 0 saturated carbocycles. The molecule has 1 amide bonds. The van der Waals surface area contributed by atoms with Crippen LogP contribution in [0.25, 0.3) is 0 Å². The summed E-state index contributed by atoms with van der Waals surface area (Å²) in [6.45, 7) is 4.39. The number of aromatic carboxylic acids is 1. The zero-order valence-electron chi connectivity index (χ0n) is 12.4. The molecule has 0 bridgehead atoms. The molecule has 1 aliphatic rings. The number of benzene rings is 1. The molecule has 1 aliphatic heterocycles. The summed E-state index contributed by atoms with van der Waals surface area (Å²) in [6.07, 6.45) is 3.36. The largest absolute Gasteiger partial charge is 0.478 e. The second kappa shape index (κ2) is 6.72. The zero-order chi connectivity index (χ0) is 15.4. The number of nitrogens with one attached hydrogen (secondary N) is 1. The third-order valence-electron chi connectivity index (χ3n) is 3.90. The average Bonchev–Trinajstić information content (AvgIpc) is 2.93. The van der Waals surface area contributed by atoms with Crippen LogP contribution in [0.2, 0.25) is 0 Å². The third kappa shape index (κ3) is 4.04. The minimum absolute atomic E-state index is 0.106. The predicted molar refractivity (Wildman–Crippen MR) is 79.7 cm³/mol. The number of anilines is 1. The molecule has 0 spiro atoms. The Labute approximate surface area is 124 Å². The van der Waals surface area contributed by atoms with Crippen LogP contribution in [0.3, 0.4) is 0 Å². The predicted octanol–water partition coefficient (Wildman–Crippen LogP) is 2.90. The van der Waals surface area contributed by atoms with Crippen molar-refractivity contribution in [3.05, 3.63) is 28.8 Å².